The summed E-state index contributed by atoms with van der Waals surface area (Å²) in [5.41, 5.74) is 1.13. The molecule has 1 aromatic carbocycles. The summed E-state index contributed by atoms with van der Waals surface area (Å²) >= 11 is 2.23. The minimum atomic E-state index is 0.0741. The number of benzene rings is 1. The second-order valence-corrected chi connectivity index (χ2v) is 7.63. The zero-order chi connectivity index (χ0) is 14.6. The van der Waals surface area contributed by atoms with Gasteiger partial charge in [-0.05, 0) is 65.3 Å². The van der Waals surface area contributed by atoms with Crippen LogP contribution >= 0.6 is 22.6 Å². The lowest BCUT2D eigenvalue weighted by Gasteiger charge is -2.31. The van der Waals surface area contributed by atoms with E-state index in [-0.39, 0.29) is 5.91 Å². The second kappa shape index (κ2) is 6.92. The highest BCUT2D eigenvalue weighted by Crippen LogP contribution is 2.42. The Morgan fingerprint density at radius 2 is 1.95 bits per heavy atom. The van der Waals surface area contributed by atoms with Crippen LogP contribution in [0.3, 0.4) is 0 Å². The first kappa shape index (κ1) is 15.8. The summed E-state index contributed by atoms with van der Waals surface area (Å²) in [6, 6.07) is 7.78. The van der Waals surface area contributed by atoms with Gasteiger partial charge in [0, 0.05) is 10.1 Å². The number of hydrogen-bond donors (Lipinski definition) is 1. The Bertz CT molecular complexity index is 464. The minimum Gasteiger partial charge on any atom is -0.351 e. The van der Waals surface area contributed by atoms with Gasteiger partial charge in [0.15, 0.2) is 0 Å². The predicted molar refractivity (Wildman–Crippen MR) is 91.8 cm³/mol. The Hall–Kier alpha value is -0.580. The third-order valence-corrected chi connectivity index (χ3v) is 5.19. The largest absolute Gasteiger partial charge is 0.351 e. The molecule has 2 rings (SSSR count). The first-order valence-corrected chi connectivity index (χ1v) is 8.63. The van der Waals surface area contributed by atoms with Gasteiger partial charge in [-0.15, -0.1) is 0 Å². The Morgan fingerprint density at radius 3 is 2.55 bits per heavy atom. The fourth-order valence-corrected chi connectivity index (χ4v) is 4.08. The first-order valence-electron chi connectivity index (χ1n) is 7.55. The molecule has 0 atom stereocenters. The predicted octanol–water partition coefficient (Wildman–Crippen LogP) is 4.63. The van der Waals surface area contributed by atoms with E-state index in [2.05, 4.69) is 41.8 Å². The Labute approximate surface area is 135 Å². The van der Waals surface area contributed by atoms with E-state index in [0.29, 0.717) is 11.3 Å². The Kier molecular flexibility index (Phi) is 5.47. The van der Waals surface area contributed by atoms with Crippen molar-refractivity contribution in [3.05, 3.63) is 33.4 Å². The molecule has 20 heavy (non-hydrogen) atoms. The van der Waals surface area contributed by atoms with Crippen LogP contribution in [0.25, 0.3) is 0 Å². The lowest BCUT2D eigenvalue weighted by atomic mass is 9.78. The van der Waals surface area contributed by atoms with Crippen LogP contribution in [-0.2, 0) is 0 Å². The van der Waals surface area contributed by atoms with Crippen LogP contribution in [0.1, 0.15) is 56.3 Å². The third kappa shape index (κ3) is 3.96. The van der Waals surface area contributed by atoms with Crippen molar-refractivity contribution < 1.29 is 4.79 Å². The molecule has 0 aliphatic heterocycles. The molecule has 0 radical (unpaired) electrons. The van der Waals surface area contributed by atoms with Crippen LogP contribution < -0.4 is 5.32 Å². The standard InChI is InChI=1S/C17H24INO/c1-13(2)11-17(9-5-6-10-17)12-19-16(20)14-7-3-4-8-15(14)18/h3-4,7-8,13H,5-6,9-12H2,1-2H3,(H,19,20). The Balaban J connectivity index is 1.99. The van der Waals surface area contributed by atoms with E-state index >= 15 is 0 Å². The smallest absolute Gasteiger partial charge is 0.252 e. The maximum Gasteiger partial charge on any atom is 0.252 e. The van der Waals surface area contributed by atoms with E-state index in [4.69, 9.17) is 0 Å². The summed E-state index contributed by atoms with van der Waals surface area (Å²) in [5, 5.41) is 3.18. The molecule has 110 valence electrons. The molecule has 3 heteroatoms. The molecule has 0 saturated heterocycles. The van der Waals surface area contributed by atoms with Gasteiger partial charge in [0.1, 0.15) is 0 Å². The van der Waals surface area contributed by atoms with Gasteiger partial charge in [-0.3, -0.25) is 4.79 Å². The quantitative estimate of drug-likeness (QED) is 0.736. The highest BCUT2D eigenvalue weighted by atomic mass is 127. The number of rotatable bonds is 5. The summed E-state index contributed by atoms with van der Waals surface area (Å²) in [6.45, 7) is 5.39. The average Bonchev–Trinajstić information content (AvgIpc) is 2.84. The monoisotopic (exact) mass is 385 g/mol. The van der Waals surface area contributed by atoms with Crippen LogP contribution in [0.2, 0.25) is 0 Å². The van der Waals surface area contributed by atoms with Crippen LogP contribution in [0.15, 0.2) is 24.3 Å². The molecule has 0 aromatic heterocycles. The number of amides is 1. The van der Waals surface area contributed by atoms with Crippen molar-refractivity contribution in [3.63, 3.8) is 0 Å². The molecule has 1 aliphatic rings. The molecule has 1 aliphatic carbocycles. The van der Waals surface area contributed by atoms with Crippen molar-refractivity contribution in [2.75, 3.05) is 6.54 Å². The molecule has 1 aromatic rings. The van der Waals surface area contributed by atoms with E-state index in [1.165, 1.54) is 32.1 Å². The molecular formula is C17H24INO. The highest BCUT2D eigenvalue weighted by Gasteiger charge is 2.34. The molecule has 1 N–H and O–H groups in total. The van der Waals surface area contributed by atoms with E-state index in [9.17, 15) is 4.79 Å². The van der Waals surface area contributed by atoms with E-state index in [0.717, 1.165) is 15.7 Å². The fourth-order valence-electron chi connectivity index (χ4n) is 3.45. The number of halogens is 1. The highest BCUT2D eigenvalue weighted by molar-refractivity contribution is 14.1. The molecule has 1 fully saturated rings. The van der Waals surface area contributed by atoms with Crippen molar-refractivity contribution in [2.24, 2.45) is 11.3 Å². The molecule has 2 nitrogen and oxygen atoms in total. The number of carbonyl (C=O) groups excluding carboxylic acids is 1. The summed E-state index contributed by atoms with van der Waals surface area (Å²) in [5.74, 6) is 0.770. The maximum absolute atomic E-state index is 12.3. The van der Waals surface area contributed by atoms with Crippen LogP contribution in [0, 0.1) is 14.9 Å². The van der Waals surface area contributed by atoms with Crippen LogP contribution in [0.4, 0.5) is 0 Å². The van der Waals surface area contributed by atoms with Gasteiger partial charge in [0.2, 0.25) is 0 Å². The van der Waals surface area contributed by atoms with E-state index in [1.54, 1.807) is 0 Å². The van der Waals surface area contributed by atoms with Crippen molar-refractivity contribution in [2.45, 2.75) is 46.0 Å². The molecule has 0 bridgehead atoms. The minimum absolute atomic E-state index is 0.0741. The number of carbonyl (C=O) groups is 1. The average molecular weight is 385 g/mol. The molecule has 0 spiro atoms. The SMILES string of the molecule is CC(C)CC1(CNC(=O)c2ccccc2I)CCCC1. The van der Waals surface area contributed by atoms with Gasteiger partial charge < -0.3 is 5.32 Å². The van der Waals surface area contributed by atoms with E-state index < -0.39 is 0 Å². The summed E-state index contributed by atoms with van der Waals surface area (Å²) in [7, 11) is 0. The van der Waals surface area contributed by atoms with Gasteiger partial charge in [0.25, 0.3) is 5.91 Å². The second-order valence-electron chi connectivity index (χ2n) is 6.47. The van der Waals surface area contributed by atoms with Gasteiger partial charge in [-0.2, -0.15) is 0 Å². The molecule has 0 unspecified atom stereocenters. The van der Waals surface area contributed by atoms with Crippen molar-refractivity contribution in [3.8, 4) is 0 Å². The number of nitrogens with one attached hydrogen (secondary N) is 1. The van der Waals surface area contributed by atoms with Crippen LogP contribution in [0.5, 0.6) is 0 Å². The van der Waals surface area contributed by atoms with E-state index in [1.807, 2.05) is 24.3 Å². The summed E-state index contributed by atoms with van der Waals surface area (Å²) in [4.78, 5) is 12.3. The van der Waals surface area contributed by atoms with Gasteiger partial charge in [-0.1, -0.05) is 38.8 Å². The normalized spacial score (nSPS) is 17.4. The summed E-state index contributed by atoms with van der Waals surface area (Å²) in [6.07, 6.45) is 6.37. The van der Waals surface area contributed by atoms with Gasteiger partial charge in [-0.25, -0.2) is 0 Å². The zero-order valence-corrected chi connectivity index (χ0v) is 14.6. The zero-order valence-electron chi connectivity index (χ0n) is 12.4. The Morgan fingerprint density at radius 1 is 1.30 bits per heavy atom. The molecule has 1 amide bonds. The molecular weight excluding hydrogens is 361 g/mol. The van der Waals surface area contributed by atoms with Crippen molar-refractivity contribution in [1.82, 2.24) is 5.32 Å². The fraction of sp³-hybridized carbons (Fsp3) is 0.588. The first-order chi connectivity index (χ1) is 9.52. The third-order valence-electron chi connectivity index (χ3n) is 4.25. The topological polar surface area (TPSA) is 29.1 Å². The van der Waals surface area contributed by atoms with Gasteiger partial charge in [0.05, 0.1) is 5.56 Å². The summed E-state index contributed by atoms with van der Waals surface area (Å²) < 4.78 is 1.02. The van der Waals surface area contributed by atoms with Crippen molar-refractivity contribution >= 4 is 28.5 Å². The lowest BCUT2D eigenvalue weighted by molar-refractivity contribution is 0.0921. The van der Waals surface area contributed by atoms with Crippen LogP contribution in [-0.4, -0.2) is 12.5 Å². The number of hydrogen-bond acceptors (Lipinski definition) is 1. The van der Waals surface area contributed by atoms with Gasteiger partial charge >= 0.3 is 0 Å². The van der Waals surface area contributed by atoms with Crippen molar-refractivity contribution in [1.29, 1.82) is 0 Å². The lowest BCUT2D eigenvalue weighted by Crippen LogP contribution is -2.37. The maximum atomic E-state index is 12.3. The molecule has 1 saturated carbocycles. The molecule has 0 heterocycles.